The number of fused-ring (bicyclic) bond motifs is 3. The molecule has 2 heterocycles. The summed E-state index contributed by atoms with van der Waals surface area (Å²) in [5.41, 5.74) is 1.14. The fourth-order valence-corrected chi connectivity index (χ4v) is 3.08. The molecule has 4 nitrogen and oxygen atoms in total. The summed E-state index contributed by atoms with van der Waals surface area (Å²) in [6.45, 7) is 4.56. The normalized spacial score (nSPS) is 26.5. The first kappa shape index (κ1) is 12.9. The summed E-state index contributed by atoms with van der Waals surface area (Å²) in [5.74, 6) is 1.22. The topological polar surface area (TPSA) is 51.5 Å². The van der Waals surface area contributed by atoms with E-state index in [0.29, 0.717) is 18.1 Å². The van der Waals surface area contributed by atoms with Gasteiger partial charge in [0, 0.05) is 17.4 Å². The van der Waals surface area contributed by atoms with Crippen LogP contribution in [-0.4, -0.2) is 19.3 Å². The van der Waals surface area contributed by atoms with Gasteiger partial charge in [0.2, 0.25) is 0 Å². The second kappa shape index (κ2) is 4.45. The van der Waals surface area contributed by atoms with Crippen LogP contribution in [-0.2, 0) is 9.47 Å². The van der Waals surface area contributed by atoms with Crippen molar-refractivity contribution in [1.82, 2.24) is 0 Å². The van der Waals surface area contributed by atoms with Crippen molar-refractivity contribution in [3.8, 4) is 11.8 Å². The summed E-state index contributed by atoms with van der Waals surface area (Å²) in [6, 6.07) is 10.1. The Balaban J connectivity index is 2.21. The highest BCUT2D eigenvalue weighted by Crippen LogP contribution is 2.50. The molecule has 3 rings (SSSR count). The zero-order chi connectivity index (χ0) is 14.3. The molecule has 1 aromatic carbocycles. The highest BCUT2D eigenvalue weighted by Gasteiger charge is 2.49. The fraction of sp³-hybridized carbons (Fsp3) is 0.438. The maximum atomic E-state index is 9.52. The number of nitriles is 1. The lowest BCUT2D eigenvalue weighted by Crippen LogP contribution is -2.47. The molecule has 104 valence electrons. The molecule has 0 amide bonds. The molecule has 0 bridgehead atoms. The maximum absolute atomic E-state index is 9.52. The van der Waals surface area contributed by atoms with E-state index in [4.69, 9.17) is 14.2 Å². The van der Waals surface area contributed by atoms with E-state index >= 15 is 0 Å². The van der Waals surface area contributed by atoms with Crippen LogP contribution in [0.15, 0.2) is 35.8 Å². The third-order valence-electron chi connectivity index (χ3n) is 4.16. The summed E-state index contributed by atoms with van der Waals surface area (Å²) in [4.78, 5) is 0. The quantitative estimate of drug-likeness (QED) is 0.788. The predicted octanol–water partition coefficient (Wildman–Crippen LogP) is 2.97. The Morgan fingerprint density at radius 1 is 1.35 bits per heavy atom. The monoisotopic (exact) mass is 271 g/mol. The van der Waals surface area contributed by atoms with Crippen molar-refractivity contribution in [3.63, 3.8) is 0 Å². The number of hydrogen-bond acceptors (Lipinski definition) is 4. The zero-order valence-corrected chi connectivity index (χ0v) is 11.8. The van der Waals surface area contributed by atoms with Gasteiger partial charge in [0.1, 0.15) is 23.0 Å². The Bertz CT molecular complexity index is 612. The molecule has 0 unspecified atom stereocenters. The van der Waals surface area contributed by atoms with E-state index < -0.39 is 5.60 Å². The van der Waals surface area contributed by atoms with E-state index in [1.807, 2.05) is 38.1 Å². The standard InChI is InChI=1S/C16H17NO3/c1-16(2)12-9-19-13-7-5-4-6-10(13)14(12)11(8-17)15(18-3)20-16/h4-7,12,14H,9H2,1-3H3/t12-,14-/m1/s1. The number of ether oxygens (including phenoxy) is 3. The highest BCUT2D eigenvalue weighted by atomic mass is 16.7. The van der Waals surface area contributed by atoms with Gasteiger partial charge in [-0.15, -0.1) is 0 Å². The number of allylic oxidation sites excluding steroid dienone is 1. The molecule has 0 fully saturated rings. The zero-order valence-electron chi connectivity index (χ0n) is 11.8. The highest BCUT2D eigenvalue weighted by molar-refractivity contribution is 5.48. The van der Waals surface area contributed by atoms with E-state index in [0.717, 1.165) is 11.3 Å². The van der Waals surface area contributed by atoms with E-state index in [-0.39, 0.29) is 11.8 Å². The molecular weight excluding hydrogens is 254 g/mol. The molecule has 0 saturated carbocycles. The van der Waals surface area contributed by atoms with Gasteiger partial charge in [-0.25, -0.2) is 0 Å². The molecule has 0 spiro atoms. The number of rotatable bonds is 1. The number of hydrogen-bond donors (Lipinski definition) is 0. The summed E-state index contributed by atoms with van der Waals surface area (Å²) in [6.07, 6.45) is 0. The van der Waals surface area contributed by atoms with Gasteiger partial charge >= 0.3 is 0 Å². The lowest BCUT2D eigenvalue weighted by Gasteiger charge is -2.46. The van der Waals surface area contributed by atoms with Crippen molar-refractivity contribution in [2.45, 2.75) is 25.4 Å². The van der Waals surface area contributed by atoms with E-state index in [9.17, 15) is 5.26 Å². The average Bonchev–Trinajstić information content (AvgIpc) is 2.46. The van der Waals surface area contributed by atoms with Crippen molar-refractivity contribution in [2.75, 3.05) is 13.7 Å². The molecular formula is C16H17NO3. The molecule has 1 aromatic rings. The fourth-order valence-electron chi connectivity index (χ4n) is 3.08. The van der Waals surface area contributed by atoms with Gasteiger partial charge in [0.05, 0.1) is 13.7 Å². The van der Waals surface area contributed by atoms with Gasteiger partial charge in [-0.1, -0.05) is 18.2 Å². The average molecular weight is 271 g/mol. The lowest BCUT2D eigenvalue weighted by atomic mass is 9.71. The molecule has 20 heavy (non-hydrogen) atoms. The first-order chi connectivity index (χ1) is 9.58. The number of nitrogens with zero attached hydrogens (tertiary/aromatic N) is 1. The predicted molar refractivity (Wildman–Crippen MR) is 73.0 cm³/mol. The largest absolute Gasteiger partial charge is 0.493 e. The Hall–Kier alpha value is -2.15. The summed E-state index contributed by atoms with van der Waals surface area (Å²) >= 11 is 0. The third-order valence-corrected chi connectivity index (χ3v) is 4.16. The molecule has 2 aliphatic heterocycles. The van der Waals surface area contributed by atoms with Crippen LogP contribution in [0, 0.1) is 17.2 Å². The minimum Gasteiger partial charge on any atom is -0.493 e. The summed E-state index contributed by atoms with van der Waals surface area (Å²) < 4.78 is 17.0. The third kappa shape index (κ3) is 1.74. The Kier molecular flexibility index (Phi) is 2.86. The number of benzene rings is 1. The summed E-state index contributed by atoms with van der Waals surface area (Å²) in [5, 5.41) is 9.52. The van der Waals surface area contributed by atoms with Crippen LogP contribution in [0.25, 0.3) is 0 Å². The molecule has 0 aliphatic carbocycles. The van der Waals surface area contributed by atoms with Crippen LogP contribution in [0.4, 0.5) is 0 Å². The van der Waals surface area contributed by atoms with E-state index in [1.165, 1.54) is 7.11 Å². The number of methoxy groups -OCH3 is 1. The maximum Gasteiger partial charge on any atom is 0.294 e. The van der Waals surface area contributed by atoms with Gasteiger partial charge < -0.3 is 14.2 Å². The van der Waals surface area contributed by atoms with Crippen LogP contribution in [0.1, 0.15) is 25.3 Å². The van der Waals surface area contributed by atoms with E-state index in [1.54, 1.807) is 0 Å². The molecule has 2 atom stereocenters. The van der Waals surface area contributed by atoms with Crippen LogP contribution in [0.5, 0.6) is 5.75 Å². The van der Waals surface area contributed by atoms with Crippen LogP contribution < -0.4 is 4.74 Å². The lowest BCUT2D eigenvalue weighted by molar-refractivity contribution is -0.110. The van der Waals surface area contributed by atoms with Crippen LogP contribution in [0.2, 0.25) is 0 Å². The van der Waals surface area contributed by atoms with E-state index in [2.05, 4.69) is 6.07 Å². The second-order valence-corrected chi connectivity index (χ2v) is 5.66. The Morgan fingerprint density at radius 3 is 2.80 bits per heavy atom. The smallest absolute Gasteiger partial charge is 0.294 e. The molecule has 4 heteroatoms. The summed E-state index contributed by atoms with van der Waals surface area (Å²) in [7, 11) is 1.54. The Morgan fingerprint density at radius 2 is 2.10 bits per heavy atom. The van der Waals surface area contributed by atoms with Crippen molar-refractivity contribution in [2.24, 2.45) is 5.92 Å². The van der Waals surface area contributed by atoms with Crippen molar-refractivity contribution in [3.05, 3.63) is 41.3 Å². The van der Waals surface area contributed by atoms with Crippen molar-refractivity contribution >= 4 is 0 Å². The first-order valence-corrected chi connectivity index (χ1v) is 6.67. The minimum absolute atomic E-state index is 0.0383. The SMILES string of the molecule is COC1=C(C#N)[C@H]2c3ccccc3OC[C@H]2C(C)(C)O1. The van der Waals surface area contributed by atoms with Gasteiger partial charge in [-0.3, -0.25) is 0 Å². The second-order valence-electron chi connectivity index (χ2n) is 5.66. The van der Waals surface area contributed by atoms with Gasteiger partial charge in [0.15, 0.2) is 0 Å². The van der Waals surface area contributed by atoms with Crippen molar-refractivity contribution < 1.29 is 14.2 Å². The minimum atomic E-state index is -0.441. The molecule has 2 aliphatic rings. The molecule has 0 aromatic heterocycles. The molecule has 0 saturated heterocycles. The Labute approximate surface area is 118 Å². The number of para-hydroxylation sites is 1. The van der Waals surface area contributed by atoms with Gasteiger partial charge in [-0.2, -0.15) is 5.26 Å². The van der Waals surface area contributed by atoms with Crippen LogP contribution >= 0.6 is 0 Å². The van der Waals surface area contributed by atoms with Crippen molar-refractivity contribution in [1.29, 1.82) is 5.26 Å². The molecule has 0 radical (unpaired) electrons. The van der Waals surface area contributed by atoms with Gasteiger partial charge in [-0.05, 0) is 19.9 Å². The molecule has 0 N–H and O–H groups in total. The van der Waals surface area contributed by atoms with Crippen LogP contribution in [0.3, 0.4) is 0 Å². The van der Waals surface area contributed by atoms with Gasteiger partial charge in [0.25, 0.3) is 5.95 Å². The first-order valence-electron chi connectivity index (χ1n) is 6.67.